The maximum absolute atomic E-state index is 12.4. The molecule has 0 aliphatic heterocycles. The van der Waals surface area contributed by atoms with Crippen LogP contribution in [0.1, 0.15) is 50.5 Å². The second-order valence-electron chi connectivity index (χ2n) is 7.24. The molecule has 26 heavy (non-hydrogen) atoms. The van der Waals surface area contributed by atoms with E-state index in [0.717, 1.165) is 37.7 Å². The zero-order valence-corrected chi connectivity index (χ0v) is 15.6. The van der Waals surface area contributed by atoms with Gasteiger partial charge in [0.15, 0.2) is 0 Å². The number of hydrogen-bond donors (Lipinski definition) is 1. The van der Waals surface area contributed by atoms with Crippen LogP contribution in [-0.4, -0.2) is 11.9 Å². The van der Waals surface area contributed by atoms with Crippen LogP contribution in [0.4, 0.5) is 0 Å². The minimum absolute atomic E-state index is 0.0179. The van der Waals surface area contributed by atoms with Crippen LogP contribution in [0.5, 0.6) is 0 Å². The Balaban J connectivity index is 1.55. The van der Waals surface area contributed by atoms with E-state index in [4.69, 9.17) is 0 Å². The number of rotatable bonds is 7. The lowest BCUT2D eigenvalue weighted by Crippen LogP contribution is -2.38. The Morgan fingerprint density at radius 3 is 2.38 bits per heavy atom. The van der Waals surface area contributed by atoms with Crippen molar-refractivity contribution >= 4 is 23.2 Å². The first-order chi connectivity index (χ1) is 12.6. The summed E-state index contributed by atoms with van der Waals surface area (Å²) in [7, 11) is 0. The molecule has 0 atom stereocenters. The van der Waals surface area contributed by atoms with Crippen molar-refractivity contribution in [3.05, 3.63) is 47.3 Å². The van der Waals surface area contributed by atoms with Crippen molar-refractivity contribution in [3.63, 3.8) is 0 Å². The van der Waals surface area contributed by atoms with Gasteiger partial charge in [-0.1, -0.05) is 49.6 Å². The Morgan fingerprint density at radius 2 is 1.77 bits per heavy atom. The summed E-state index contributed by atoms with van der Waals surface area (Å²) >= 11 is 1.70. The molecule has 1 aromatic heterocycles. The molecule has 1 aromatic carbocycles. The van der Waals surface area contributed by atoms with E-state index in [9.17, 15) is 14.7 Å². The third-order valence-electron chi connectivity index (χ3n) is 5.22. The number of carbonyl (C=O) groups is 2. The number of carbonyl (C=O) groups excluding carboxylic acids is 2. The molecular formula is C21H24NO3S-. The second kappa shape index (κ2) is 8.49. The molecule has 1 fully saturated rings. The SMILES string of the molecule is O=C([O-])CC1(CC(=O)NCc2ccc(-c3cccs3)cc2)CCCCC1. The Kier molecular flexibility index (Phi) is 6.09. The van der Waals surface area contributed by atoms with Crippen LogP contribution >= 0.6 is 11.3 Å². The van der Waals surface area contributed by atoms with Gasteiger partial charge in [0.25, 0.3) is 0 Å². The Hall–Kier alpha value is -2.14. The Labute approximate surface area is 158 Å². The highest BCUT2D eigenvalue weighted by molar-refractivity contribution is 7.13. The van der Waals surface area contributed by atoms with Crippen LogP contribution in [0.3, 0.4) is 0 Å². The van der Waals surface area contributed by atoms with Gasteiger partial charge < -0.3 is 15.2 Å². The summed E-state index contributed by atoms with van der Waals surface area (Å²) in [5.41, 5.74) is 1.78. The molecule has 1 amide bonds. The zero-order chi connectivity index (χ0) is 18.4. The maximum Gasteiger partial charge on any atom is 0.220 e. The van der Waals surface area contributed by atoms with Crippen molar-refractivity contribution in [2.24, 2.45) is 5.41 Å². The molecule has 1 aliphatic rings. The van der Waals surface area contributed by atoms with E-state index in [-0.39, 0.29) is 18.7 Å². The lowest BCUT2D eigenvalue weighted by molar-refractivity contribution is -0.308. The van der Waals surface area contributed by atoms with Gasteiger partial charge in [-0.05, 0) is 47.3 Å². The lowest BCUT2D eigenvalue weighted by Gasteiger charge is -2.37. The van der Waals surface area contributed by atoms with Crippen LogP contribution in [0, 0.1) is 5.41 Å². The van der Waals surface area contributed by atoms with Crippen molar-refractivity contribution < 1.29 is 14.7 Å². The molecule has 1 saturated carbocycles. The first-order valence-corrected chi connectivity index (χ1v) is 10.0. The standard InChI is InChI=1S/C21H25NO3S/c23-19(13-21(14-20(24)25)10-2-1-3-11-21)22-15-16-6-8-17(9-7-16)18-5-4-12-26-18/h4-9,12H,1-3,10-11,13-15H2,(H,22,23)(H,24,25)/p-1. The molecule has 0 radical (unpaired) electrons. The van der Waals surface area contributed by atoms with Gasteiger partial charge in [0.2, 0.25) is 5.91 Å². The minimum atomic E-state index is -1.05. The van der Waals surface area contributed by atoms with Crippen LogP contribution < -0.4 is 10.4 Å². The summed E-state index contributed by atoms with van der Waals surface area (Å²) in [6, 6.07) is 12.3. The average molecular weight is 370 g/mol. The van der Waals surface area contributed by atoms with Gasteiger partial charge in [-0.25, -0.2) is 0 Å². The van der Waals surface area contributed by atoms with E-state index >= 15 is 0 Å². The van der Waals surface area contributed by atoms with Gasteiger partial charge in [0, 0.05) is 23.8 Å². The van der Waals surface area contributed by atoms with Gasteiger partial charge >= 0.3 is 0 Å². The quantitative estimate of drug-likeness (QED) is 0.811. The van der Waals surface area contributed by atoms with Crippen LogP contribution in [0.15, 0.2) is 41.8 Å². The molecule has 138 valence electrons. The molecule has 1 N–H and O–H groups in total. The van der Waals surface area contributed by atoms with Crippen molar-refractivity contribution in [1.29, 1.82) is 0 Å². The van der Waals surface area contributed by atoms with Crippen LogP contribution in [0.2, 0.25) is 0 Å². The number of aliphatic carboxylic acids is 1. The molecule has 5 heteroatoms. The number of thiophene rings is 1. The fraction of sp³-hybridized carbons (Fsp3) is 0.429. The molecule has 0 spiro atoms. The molecule has 4 nitrogen and oxygen atoms in total. The van der Waals surface area contributed by atoms with E-state index in [2.05, 4.69) is 28.9 Å². The predicted octanol–water partition coefficient (Wildman–Crippen LogP) is 3.51. The summed E-state index contributed by atoms with van der Waals surface area (Å²) in [6.07, 6.45) is 4.94. The summed E-state index contributed by atoms with van der Waals surface area (Å²) in [6.45, 7) is 0.463. The number of benzene rings is 1. The number of carboxylic acid groups (broad SMARTS) is 1. The molecule has 0 unspecified atom stereocenters. The molecule has 2 aromatic rings. The average Bonchev–Trinajstić information content (AvgIpc) is 3.15. The van der Waals surface area contributed by atoms with Crippen LogP contribution in [-0.2, 0) is 16.1 Å². The summed E-state index contributed by atoms with van der Waals surface area (Å²) < 4.78 is 0. The second-order valence-corrected chi connectivity index (χ2v) is 8.18. The molecule has 0 bridgehead atoms. The third kappa shape index (κ3) is 4.94. The molecule has 1 aliphatic carbocycles. The molecule has 0 saturated heterocycles. The Morgan fingerprint density at radius 1 is 1.04 bits per heavy atom. The van der Waals surface area contributed by atoms with Gasteiger partial charge in [-0.2, -0.15) is 0 Å². The van der Waals surface area contributed by atoms with Crippen molar-refractivity contribution in [3.8, 4) is 10.4 Å². The largest absolute Gasteiger partial charge is 0.550 e. The first kappa shape index (κ1) is 18.6. The smallest absolute Gasteiger partial charge is 0.220 e. The first-order valence-electron chi connectivity index (χ1n) is 9.16. The third-order valence-corrected chi connectivity index (χ3v) is 6.14. The van der Waals surface area contributed by atoms with Gasteiger partial charge in [-0.3, -0.25) is 4.79 Å². The number of nitrogens with one attached hydrogen (secondary N) is 1. The maximum atomic E-state index is 12.4. The highest BCUT2D eigenvalue weighted by Crippen LogP contribution is 2.42. The molecular weight excluding hydrogens is 346 g/mol. The van der Waals surface area contributed by atoms with Crippen molar-refractivity contribution in [2.75, 3.05) is 0 Å². The van der Waals surface area contributed by atoms with Crippen LogP contribution in [0.25, 0.3) is 10.4 Å². The van der Waals surface area contributed by atoms with Gasteiger partial charge in [0.05, 0.1) is 0 Å². The number of hydrogen-bond acceptors (Lipinski definition) is 4. The van der Waals surface area contributed by atoms with E-state index in [1.54, 1.807) is 11.3 Å². The predicted molar refractivity (Wildman–Crippen MR) is 101 cm³/mol. The van der Waals surface area contributed by atoms with E-state index < -0.39 is 11.4 Å². The monoisotopic (exact) mass is 370 g/mol. The highest BCUT2D eigenvalue weighted by atomic mass is 32.1. The van der Waals surface area contributed by atoms with Gasteiger partial charge in [-0.15, -0.1) is 11.3 Å². The lowest BCUT2D eigenvalue weighted by atomic mass is 9.69. The van der Waals surface area contributed by atoms with Crippen molar-refractivity contribution in [1.82, 2.24) is 5.32 Å². The highest BCUT2D eigenvalue weighted by Gasteiger charge is 2.34. The van der Waals surface area contributed by atoms with E-state index in [1.165, 1.54) is 10.4 Å². The summed E-state index contributed by atoms with van der Waals surface area (Å²) in [4.78, 5) is 24.7. The van der Waals surface area contributed by atoms with E-state index in [0.29, 0.717) is 6.54 Å². The summed E-state index contributed by atoms with van der Waals surface area (Å²) in [5, 5.41) is 16.1. The number of amides is 1. The normalized spacial score (nSPS) is 16.2. The summed E-state index contributed by atoms with van der Waals surface area (Å²) in [5.74, 6) is -1.13. The van der Waals surface area contributed by atoms with Gasteiger partial charge in [0.1, 0.15) is 0 Å². The van der Waals surface area contributed by atoms with E-state index in [1.807, 2.05) is 18.2 Å². The van der Waals surface area contributed by atoms with Crippen molar-refractivity contribution in [2.45, 2.75) is 51.5 Å². The molecule has 1 heterocycles. The Bertz CT molecular complexity index is 731. The fourth-order valence-corrected chi connectivity index (χ4v) is 4.59. The molecule has 3 rings (SSSR count). The zero-order valence-electron chi connectivity index (χ0n) is 14.8. The minimum Gasteiger partial charge on any atom is -0.550 e. The fourth-order valence-electron chi connectivity index (χ4n) is 3.86. The number of carboxylic acids is 1. The topological polar surface area (TPSA) is 69.2 Å².